The fourth-order valence-electron chi connectivity index (χ4n) is 5.78. The van der Waals surface area contributed by atoms with Crippen molar-refractivity contribution in [2.45, 2.75) is 130 Å². The molecule has 3 rings (SSSR count). The molecule has 0 radical (unpaired) electrons. The maximum absolute atomic E-state index is 13.7. The number of carbonyl (C=O) groups is 5. The molecule has 3 atom stereocenters. The summed E-state index contributed by atoms with van der Waals surface area (Å²) in [6.07, 6.45) is 3.17. The highest BCUT2D eigenvalue weighted by molar-refractivity contribution is 7.79. The Morgan fingerprint density at radius 1 is 0.893 bits per heavy atom. The van der Waals surface area contributed by atoms with Gasteiger partial charge in [0.05, 0.1) is 25.9 Å². The molecule has 4 amide bonds. The molecule has 0 aromatic heterocycles. The minimum atomic E-state index is -0.938. The molecule has 1 unspecified atom stereocenters. The van der Waals surface area contributed by atoms with Crippen LogP contribution in [0.2, 0.25) is 0 Å². The van der Waals surface area contributed by atoms with Crippen LogP contribution in [-0.2, 0) is 46.4 Å². The van der Waals surface area contributed by atoms with E-state index in [9.17, 15) is 24.0 Å². The van der Waals surface area contributed by atoms with Gasteiger partial charge in [0.25, 0.3) is 0 Å². The van der Waals surface area contributed by atoms with E-state index < -0.39 is 35.1 Å². The van der Waals surface area contributed by atoms with E-state index in [4.69, 9.17) is 18.9 Å². The average Bonchev–Trinajstić information content (AvgIpc) is 3.12. The van der Waals surface area contributed by atoms with E-state index in [1.165, 1.54) is 6.92 Å². The number of amides is 4. The fraction of sp³-hybridized carbons (Fsp3) is 0.595. The zero-order valence-corrected chi connectivity index (χ0v) is 35.6. The van der Waals surface area contributed by atoms with Crippen LogP contribution >= 0.6 is 12.6 Å². The number of thiol groups is 1. The van der Waals surface area contributed by atoms with Crippen LogP contribution in [0.4, 0.5) is 4.79 Å². The largest absolute Gasteiger partial charge is 0.493 e. The predicted molar refractivity (Wildman–Crippen MR) is 220 cm³/mol. The van der Waals surface area contributed by atoms with E-state index in [1.807, 2.05) is 76.2 Å². The number of nitrogens with zero attached hydrogens (tertiary/aromatic N) is 1. The van der Waals surface area contributed by atoms with Crippen molar-refractivity contribution in [3.05, 3.63) is 65.2 Å². The Morgan fingerprint density at radius 3 is 2.20 bits per heavy atom. The number of rotatable bonds is 17. The summed E-state index contributed by atoms with van der Waals surface area (Å²) in [4.78, 5) is 65.7. The number of morpholine rings is 1. The third-order valence-corrected chi connectivity index (χ3v) is 8.46. The van der Waals surface area contributed by atoms with Crippen molar-refractivity contribution < 1.29 is 42.9 Å². The maximum atomic E-state index is 13.7. The van der Waals surface area contributed by atoms with Gasteiger partial charge in [-0.1, -0.05) is 36.4 Å². The molecule has 0 saturated carbocycles. The SMILES string of the molecule is CC(=O)N[C@@H](CCCC(=O)OC(C)(C)C)C(=O)N[C@@H](CCc1ccccc1)C(=O)NCc1cc(OCCC2CN(C(=O)OC(C)(C)C)CCO2)ccc1C.CS. The van der Waals surface area contributed by atoms with E-state index in [2.05, 4.69) is 28.6 Å². The molecule has 1 aliphatic heterocycles. The zero-order valence-electron chi connectivity index (χ0n) is 34.7. The number of nitrogens with one attached hydrogen (secondary N) is 3. The third-order valence-electron chi connectivity index (χ3n) is 8.46. The Kier molecular flexibility index (Phi) is 20.2. The van der Waals surface area contributed by atoms with Crippen molar-refractivity contribution in [3.63, 3.8) is 0 Å². The lowest BCUT2D eigenvalue weighted by Crippen LogP contribution is -2.53. The molecule has 3 N–H and O–H groups in total. The van der Waals surface area contributed by atoms with E-state index in [0.717, 1.165) is 16.7 Å². The zero-order chi connectivity index (χ0) is 41.9. The summed E-state index contributed by atoms with van der Waals surface area (Å²) in [7, 11) is 0. The second-order valence-corrected chi connectivity index (χ2v) is 15.7. The summed E-state index contributed by atoms with van der Waals surface area (Å²) in [5.41, 5.74) is 1.60. The van der Waals surface area contributed by atoms with Crippen LogP contribution < -0.4 is 20.7 Å². The molecule has 1 fully saturated rings. The first-order valence-electron chi connectivity index (χ1n) is 19.3. The molecule has 1 aliphatic rings. The number of esters is 1. The smallest absolute Gasteiger partial charge is 0.410 e. The molecular formula is C42H64N4O9S. The molecule has 0 bridgehead atoms. The predicted octanol–water partition coefficient (Wildman–Crippen LogP) is 5.70. The van der Waals surface area contributed by atoms with Crippen LogP contribution in [0.3, 0.4) is 0 Å². The molecule has 312 valence electrons. The van der Waals surface area contributed by atoms with Crippen LogP contribution in [-0.4, -0.2) is 96.6 Å². The van der Waals surface area contributed by atoms with Crippen LogP contribution in [0, 0.1) is 6.92 Å². The van der Waals surface area contributed by atoms with E-state index >= 15 is 0 Å². The lowest BCUT2D eigenvalue weighted by atomic mass is 10.0. The average molecular weight is 801 g/mol. The van der Waals surface area contributed by atoms with Gasteiger partial charge >= 0.3 is 12.1 Å². The highest BCUT2D eigenvalue weighted by Gasteiger charge is 2.29. The maximum Gasteiger partial charge on any atom is 0.410 e. The van der Waals surface area contributed by atoms with E-state index in [-0.39, 0.29) is 43.5 Å². The number of ether oxygens (including phenoxy) is 4. The molecule has 1 heterocycles. The molecule has 2 aromatic carbocycles. The van der Waals surface area contributed by atoms with Gasteiger partial charge in [0, 0.05) is 32.9 Å². The summed E-state index contributed by atoms with van der Waals surface area (Å²) in [5, 5.41) is 8.51. The summed E-state index contributed by atoms with van der Waals surface area (Å²) in [6, 6.07) is 13.5. The van der Waals surface area contributed by atoms with Crippen molar-refractivity contribution in [2.24, 2.45) is 0 Å². The minimum Gasteiger partial charge on any atom is -0.493 e. The Labute approximate surface area is 338 Å². The molecule has 2 aromatic rings. The molecule has 56 heavy (non-hydrogen) atoms. The van der Waals surface area contributed by atoms with Crippen molar-refractivity contribution in [3.8, 4) is 5.75 Å². The standard InChI is InChI=1S/C41H60N4O9.CH4S/c1-28-17-19-32(51-23-21-33-27-45(22-24-52-33)39(50)54-41(6,7)8)25-31(28)26-42-37(48)35(20-18-30-13-10-9-11-14-30)44-38(49)34(43-29(2)46)15-12-16-36(47)53-40(3,4)5;1-2/h9-11,13-14,17,19,25,33-35H,12,15-16,18,20-24,26-27H2,1-8H3,(H,42,48)(H,43,46)(H,44,49);2H,1H3/t33?,34-,35-;/m0./s1. The van der Waals surface area contributed by atoms with Crippen molar-refractivity contribution >= 4 is 42.4 Å². The van der Waals surface area contributed by atoms with Crippen molar-refractivity contribution in [1.82, 2.24) is 20.9 Å². The molecular weight excluding hydrogens is 737 g/mol. The van der Waals surface area contributed by atoms with E-state index in [1.54, 1.807) is 31.9 Å². The molecule has 13 nitrogen and oxygen atoms in total. The van der Waals surface area contributed by atoms with Gasteiger partial charge in [-0.15, -0.1) is 0 Å². The Hall–Kier alpha value is -4.30. The lowest BCUT2D eigenvalue weighted by Gasteiger charge is -2.34. The van der Waals surface area contributed by atoms with Gasteiger partial charge in [-0.05, 0) is 109 Å². The van der Waals surface area contributed by atoms with Gasteiger partial charge in [-0.2, -0.15) is 12.6 Å². The first-order valence-corrected chi connectivity index (χ1v) is 20.2. The topological polar surface area (TPSA) is 162 Å². The van der Waals surface area contributed by atoms with Crippen molar-refractivity contribution in [2.75, 3.05) is 32.6 Å². The Morgan fingerprint density at radius 2 is 1.55 bits per heavy atom. The van der Waals surface area contributed by atoms with Crippen LogP contribution in [0.1, 0.15) is 97.3 Å². The van der Waals surface area contributed by atoms with Gasteiger partial charge in [0.1, 0.15) is 29.0 Å². The number of benzene rings is 2. The first-order chi connectivity index (χ1) is 26.4. The van der Waals surface area contributed by atoms with Gasteiger partial charge in [-0.25, -0.2) is 4.79 Å². The van der Waals surface area contributed by atoms with Gasteiger partial charge in [-0.3, -0.25) is 19.2 Å². The Balaban J connectivity index is 0.00000532. The third kappa shape index (κ3) is 19.0. The summed E-state index contributed by atoms with van der Waals surface area (Å²) >= 11 is 3.53. The molecule has 1 saturated heterocycles. The molecule has 14 heteroatoms. The van der Waals surface area contributed by atoms with Crippen LogP contribution in [0.5, 0.6) is 5.75 Å². The lowest BCUT2D eigenvalue weighted by molar-refractivity contribution is -0.155. The first kappa shape index (κ1) is 47.9. The Bertz CT molecular complexity index is 1560. The quantitative estimate of drug-likeness (QED) is 0.116. The number of carbonyl (C=O) groups excluding carboxylic acids is 5. The number of aryl methyl sites for hydroxylation is 2. The number of hydrogen-bond acceptors (Lipinski definition) is 10. The fourth-order valence-corrected chi connectivity index (χ4v) is 5.78. The summed E-state index contributed by atoms with van der Waals surface area (Å²) in [6.45, 7) is 16.0. The summed E-state index contributed by atoms with van der Waals surface area (Å²) < 4.78 is 22.8. The van der Waals surface area contributed by atoms with Crippen LogP contribution in [0.25, 0.3) is 0 Å². The van der Waals surface area contributed by atoms with Crippen molar-refractivity contribution in [1.29, 1.82) is 0 Å². The van der Waals surface area contributed by atoms with E-state index in [0.29, 0.717) is 57.7 Å². The summed E-state index contributed by atoms with van der Waals surface area (Å²) in [5.74, 6) is -1.04. The van der Waals surface area contributed by atoms with Gasteiger partial charge in [0.2, 0.25) is 17.7 Å². The second kappa shape index (κ2) is 23.7. The molecule has 0 aliphatic carbocycles. The number of hydrogen-bond donors (Lipinski definition) is 4. The minimum absolute atomic E-state index is 0.0851. The van der Waals surface area contributed by atoms with Crippen LogP contribution in [0.15, 0.2) is 48.5 Å². The highest BCUT2D eigenvalue weighted by atomic mass is 32.1. The second-order valence-electron chi connectivity index (χ2n) is 15.7. The monoisotopic (exact) mass is 800 g/mol. The molecule has 0 spiro atoms. The highest BCUT2D eigenvalue weighted by Crippen LogP contribution is 2.20. The van der Waals surface area contributed by atoms with Gasteiger partial charge < -0.3 is 39.8 Å². The van der Waals surface area contributed by atoms with Gasteiger partial charge in [0.15, 0.2) is 0 Å². The normalized spacial score (nSPS) is 15.2.